The van der Waals surface area contributed by atoms with E-state index in [0.717, 1.165) is 48.4 Å². The van der Waals surface area contributed by atoms with E-state index >= 15 is 0 Å². The number of aromatic nitrogens is 3. The lowest BCUT2D eigenvalue weighted by Crippen LogP contribution is -2.54. The van der Waals surface area contributed by atoms with Crippen molar-refractivity contribution >= 4 is 11.5 Å². The van der Waals surface area contributed by atoms with Gasteiger partial charge in [-0.15, -0.1) is 0 Å². The van der Waals surface area contributed by atoms with Gasteiger partial charge in [0.1, 0.15) is 17.9 Å². The van der Waals surface area contributed by atoms with Gasteiger partial charge in [-0.25, -0.2) is 14.2 Å². The van der Waals surface area contributed by atoms with Crippen molar-refractivity contribution in [2.75, 3.05) is 32.9 Å². The molecule has 1 fully saturated rings. The monoisotopic (exact) mass is 604 g/mol. The Balaban J connectivity index is 1.37. The molecule has 44 heavy (non-hydrogen) atoms. The number of alkyl halides is 1. The van der Waals surface area contributed by atoms with Gasteiger partial charge >= 0.3 is 5.97 Å². The summed E-state index contributed by atoms with van der Waals surface area (Å²) in [6, 6.07) is 9.81. The number of nitrogens with zero attached hydrogens (tertiary/aromatic N) is 4. The number of pyridine rings is 1. The molecule has 1 saturated heterocycles. The summed E-state index contributed by atoms with van der Waals surface area (Å²) < 4.78 is 33.4. The summed E-state index contributed by atoms with van der Waals surface area (Å²) in [4.78, 5) is 18.8. The fraction of sp³-hybridized carbons (Fsp3) is 0.441. The zero-order valence-electron chi connectivity index (χ0n) is 26.2. The highest BCUT2D eigenvalue weighted by molar-refractivity contribution is 5.90. The quantitative estimate of drug-likeness (QED) is 0.196. The molecule has 0 atom stereocenters. The van der Waals surface area contributed by atoms with Gasteiger partial charge in [0, 0.05) is 25.2 Å². The molecule has 9 nitrogen and oxygen atoms in total. The van der Waals surface area contributed by atoms with Crippen LogP contribution in [-0.2, 0) is 29.0 Å². The van der Waals surface area contributed by atoms with Gasteiger partial charge in [0.2, 0.25) is 5.88 Å². The molecule has 0 radical (unpaired) electrons. The van der Waals surface area contributed by atoms with Crippen LogP contribution >= 0.6 is 0 Å². The Morgan fingerprint density at radius 3 is 2.66 bits per heavy atom. The number of rotatable bonds is 12. The van der Waals surface area contributed by atoms with E-state index in [4.69, 9.17) is 19.2 Å². The van der Waals surface area contributed by atoms with E-state index in [9.17, 15) is 14.3 Å². The van der Waals surface area contributed by atoms with Gasteiger partial charge in [0.05, 0.1) is 31.7 Å². The number of carboxylic acid groups (broad SMARTS) is 1. The molecule has 0 spiro atoms. The molecule has 0 unspecified atom stereocenters. The second-order valence-corrected chi connectivity index (χ2v) is 11.6. The summed E-state index contributed by atoms with van der Waals surface area (Å²) in [7, 11) is 0. The topological polar surface area (TPSA) is 98.9 Å². The van der Waals surface area contributed by atoms with Gasteiger partial charge < -0.3 is 19.3 Å². The van der Waals surface area contributed by atoms with Crippen LogP contribution in [0.4, 0.5) is 4.39 Å². The number of ether oxygens (including phenoxy) is 3. The van der Waals surface area contributed by atoms with Crippen LogP contribution in [0.3, 0.4) is 0 Å². The van der Waals surface area contributed by atoms with Crippen LogP contribution in [0, 0.1) is 6.92 Å². The molecule has 2 aliphatic rings. The van der Waals surface area contributed by atoms with Crippen LogP contribution in [0.2, 0.25) is 0 Å². The molecule has 10 heteroatoms. The first-order valence-corrected chi connectivity index (χ1v) is 15.2. The average molecular weight is 605 g/mol. The first kappa shape index (κ1) is 31.4. The van der Waals surface area contributed by atoms with E-state index in [0.29, 0.717) is 24.7 Å². The molecular formula is C34H41FN4O5. The van der Waals surface area contributed by atoms with Crippen LogP contribution in [0.15, 0.2) is 53.9 Å². The first-order chi connectivity index (χ1) is 21.1. The minimum atomic E-state index is -1.22. The second kappa shape index (κ2) is 13.3. The number of carbonyl (C=O) groups is 1. The van der Waals surface area contributed by atoms with Crippen LogP contribution in [0.1, 0.15) is 72.4 Å². The molecule has 0 bridgehead atoms. The zero-order chi connectivity index (χ0) is 31.4. The van der Waals surface area contributed by atoms with Crippen LogP contribution in [0.5, 0.6) is 5.88 Å². The third kappa shape index (κ3) is 6.56. The van der Waals surface area contributed by atoms with Gasteiger partial charge in [0.15, 0.2) is 11.5 Å². The lowest BCUT2D eigenvalue weighted by atomic mass is 9.91. The van der Waals surface area contributed by atoms with Crippen molar-refractivity contribution in [3.8, 4) is 11.7 Å². The summed E-state index contributed by atoms with van der Waals surface area (Å²) >= 11 is 0. The summed E-state index contributed by atoms with van der Waals surface area (Å²) in [6.07, 6.45) is 4.99. The zero-order valence-corrected chi connectivity index (χ0v) is 26.2. The highest BCUT2D eigenvalue weighted by atomic mass is 19.1. The number of fused-ring (bicyclic) bond motifs is 1. The maximum atomic E-state index is 14.7. The van der Waals surface area contributed by atoms with E-state index < -0.39 is 11.6 Å². The summed E-state index contributed by atoms with van der Waals surface area (Å²) in [6.45, 7) is 13.1. The van der Waals surface area contributed by atoms with Gasteiger partial charge in [-0.3, -0.25) is 4.90 Å². The fourth-order valence-corrected chi connectivity index (χ4v) is 5.83. The Labute approximate surface area is 258 Å². The number of carboxylic acids is 1. The third-order valence-electron chi connectivity index (χ3n) is 8.05. The van der Waals surface area contributed by atoms with Gasteiger partial charge in [-0.2, -0.15) is 9.78 Å². The molecule has 0 amide bonds. The first-order valence-electron chi connectivity index (χ1n) is 15.2. The lowest BCUT2D eigenvalue weighted by Gasteiger charge is -2.40. The number of aromatic carboxylic acids is 1. The molecule has 4 heterocycles. The molecule has 1 N–H and O–H groups in total. The molecule has 0 saturated carbocycles. The standard InChI is InChI=1S/C34H41FN4O5/c1-6-9-27(29-10-8-11-30(37-29)39-32(43-7-2)28(16-36-39)33(40)41)31(22(3)4)44-18-25-13-12-24-17-38(15-14-26(24)23(25)5)19-34(35)20-42-21-34/h8-13,16H,6-7,14-15,17-21H2,1-5H3,(H,40,41)/b27-9-. The Kier molecular flexibility index (Phi) is 9.51. The Morgan fingerprint density at radius 1 is 1.20 bits per heavy atom. The highest BCUT2D eigenvalue weighted by Gasteiger charge is 2.41. The van der Waals surface area contributed by atoms with Gasteiger partial charge in [-0.05, 0) is 80.5 Å². The van der Waals surface area contributed by atoms with Gasteiger partial charge in [-0.1, -0.05) is 31.2 Å². The maximum Gasteiger partial charge on any atom is 0.342 e. The van der Waals surface area contributed by atoms with E-state index in [1.807, 2.05) is 26.0 Å². The van der Waals surface area contributed by atoms with E-state index in [-0.39, 0.29) is 31.3 Å². The Bertz CT molecular complexity index is 1590. The molecule has 3 aromatic rings. The average Bonchev–Trinajstić information content (AvgIpc) is 3.41. The maximum absolute atomic E-state index is 14.7. The van der Waals surface area contributed by atoms with E-state index in [2.05, 4.69) is 42.1 Å². The van der Waals surface area contributed by atoms with Crippen molar-refractivity contribution in [2.24, 2.45) is 0 Å². The van der Waals surface area contributed by atoms with Crippen molar-refractivity contribution in [3.63, 3.8) is 0 Å². The number of hydrogen-bond acceptors (Lipinski definition) is 7. The van der Waals surface area contributed by atoms with E-state index in [1.165, 1.54) is 27.6 Å². The third-order valence-corrected chi connectivity index (χ3v) is 8.05. The molecule has 2 aromatic heterocycles. The van der Waals surface area contributed by atoms with Crippen molar-refractivity contribution in [1.82, 2.24) is 19.7 Å². The van der Waals surface area contributed by atoms with Crippen LogP contribution in [-0.4, -0.2) is 69.3 Å². The van der Waals surface area contributed by atoms with Crippen LogP contribution < -0.4 is 4.74 Å². The largest absolute Gasteiger partial charge is 0.488 e. The molecule has 2 aliphatic heterocycles. The summed E-state index contributed by atoms with van der Waals surface area (Å²) in [5, 5.41) is 13.9. The molecule has 234 valence electrons. The SMILES string of the molecule is CC/C=C(\C(OCc1ccc2c(c1C)CCN(CC1(F)COC1)C2)=C(C)C)c1cccc(-n2ncc(C(=O)O)c2OCC)n1. The van der Waals surface area contributed by atoms with Crippen LogP contribution in [0.25, 0.3) is 11.4 Å². The number of benzene rings is 1. The lowest BCUT2D eigenvalue weighted by molar-refractivity contribution is -0.142. The Morgan fingerprint density at radius 2 is 2.00 bits per heavy atom. The minimum Gasteiger partial charge on any atom is -0.488 e. The minimum absolute atomic E-state index is 0.0240. The van der Waals surface area contributed by atoms with Crippen molar-refractivity contribution in [3.05, 3.63) is 87.4 Å². The van der Waals surface area contributed by atoms with Crippen molar-refractivity contribution in [1.29, 1.82) is 0 Å². The summed E-state index contributed by atoms with van der Waals surface area (Å²) in [5.41, 5.74) is 6.19. The van der Waals surface area contributed by atoms with Gasteiger partial charge in [0.25, 0.3) is 0 Å². The molecule has 1 aromatic carbocycles. The molecular weight excluding hydrogens is 563 g/mol. The predicted molar refractivity (Wildman–Crippen MR) is 166 cm³/mol. The molecule has 5 rings (SSSR count). The fourth-order valence-electron chi connectivity index (χ4n) is 5.83. The number of hydrogen-bond donors (Lipinski definition) is 1. The van der Waals surface area contributed by atoms with E-state index in [1.54, 1.807) is 13.0 Å². The summed E-state index contributed by atoms with van der Waals surface area (Å²) in [5.74, 6) is 0.204. The second-order valence-electron chi connectivity index (χ2n) is 11.6. The van der Waals surface area contributed by atoms with Crippen molar-refractivity contribution < 1.29 is 28.5 Å². The predicted octanol–water partition coefficient (Wildman–Crippen LogP) is 6.07. The number of allylic oxidation sites excluding steroid dienone is 3. The normalized spacial score (nSPS) is 16.2. The number of halogens is 1. The van der Waals surface area contributed by atoms with Crippen molar-refractivity contribution in [2.45, 2.75) is 66.3 Å². The molecule has 0 aliphatic carbocycles. The Hall–Kier alpha value is -4.02. The smallest absolute Gasteiger partial charge is 0.342 e. The highest BCUT2D eigenvalue weighted by Crippen LogP contribution is 2.32.